The molecule has 83 heavy (non-hydrogen) atoms. The molecule has 0 aromatic heterocycles. The maximum Gasteiger partial charge on any atom is 0.338 e. The topological polar surface area (TPSA) is 220 Å². The molecule has 1 unspecified atom stereocenters. The maximum atomic E-state index is 15.9. The van der Waals surface area contributed by atoms with Crippen LogP contribution in [0.2, 0.25) is 0 Å². The predicted molar refractivity (Wildman–Crippen MR) is 312 cm³/mol. The van der Waals surface area contributed by atoms with Crippen molar-refractivity contribution in [3.63, 3.8) is 0 Å². The Balaban J connectivity index is 1.20. The zero-order valence-electron chi connectivity index (χ0n) is 50.2. The van der Waals surface area contributed by atoms with Gasteiger partial charge < -0.3 is 48.7 Å². The molecular formula is C67H91NO15. The van der Waals surface area contributed by atoms with Gasteiger partial charge >= 0.3 is 23.9 Å². The number of ether oxygens (including phenoxy) is 7. The molecule has 2 bridgehead atoms. The molecule has 7 rings (SSSR count). The lowest BCUT2D eigenvalue weighted by molar-refractivity contribution is -0.346. The Kier molecular flexibility index (Phi) is 22.9. The molecule has 3 fully saturated rings. The third kappa shape index (κ3) is 14.8. The van der Waals surface area contributed by atoms with Crippen LogP contribution in [0, 0.1) is 16.7 Å². The lowest BCUT2D eigenvalue weighted by Crippen LogP contribution is -2.82. The van der Waals surface area contributed by atoms with Crippen LogP contribution in [-0.2, 0) is 52.3 Å². The van der Waals surface area contributed by atoms with E-state index in [2.05, 4.69) is 12.2 Å². The number of hydrogen-bond donors (Lipinski definition) is 3. The van der Waals surface area contributed by atoms with Crippen molar-refractivity contribution in [2.45, 2.75) is 231 Å². The van der Waals surface area contributed by atoms with Crippen molar-refractivity contribution in [3.8, 4) is 0 Å². The molecule has 1 amide bonds. The van der Waals surface area contributed by atoms with E-state index in [0.29, 0.717) is 17.7 Å². The highest BCUT2D eigenvalue weighted by atomic mass is 16.7. The minimum absolute atomic E-state index is 0.0374. The van der Waals surface area contributed by atoms with E-state index in [0.717, 1.165) is 32.6 Å². The Labute approximate surface area is 491 Å². The van der Waals surface area contributed by atoms with E-state index in [1.807, 2.05) is 0 Å². The van der Waals surface area contributed by atoms with Gasteiger partial charge in [0.25, 0.3) is 5.91 Å². The zero-order valence-corrected chi connectivity index (χ0v) is 50.2. The number of aliphatic hydroxyl groups is 2. The largest absolute Gasteiger partial charge is 0.456 e. The molecule has 3 aromatic rings. The van der Waals surface area contributed by atoms with Gasteiger partial charge in [-0.25, -0.2) is 9.59 Å². The van der Waals surface area contributed by atoms with Crippen LogP contribution in [0.1, 0.15) is 203 Å². The average Bonchev–Trinajstić information content (AvgIpc) is 0.824. The zero-order chi connectivity index (χ0) is 60.0. The van der Waals surface area contributed by atoms with Crippen LogP contribution in [0.3, 0.4) is 0 Å². The summed E-state index contributed by atoms with van der Waals surface area (Å²) in [6, 6.07) is 24.1. The number of fused-ring (bicyclic) bond motifs is 5. The van der Waals surface area contributed by atoms with E-state index < -0.39 is 119 Å². The van der Waals surface area contributed by atoms with E-state index >= 15 is 9.59 Å². The first-order valence-corrected chi connectivity index (χ1v) is 30.5. The van der Waals surface area contributed by atoms with Gasteiger partial charge in [0.2, 0.25) is 0 Å². The van der Waals surface area contributed by atoms with Crippen LogP contribution >= 0.6 is 0 Å². The number of unbranched alkanes of at least 4 members (excludes halogenated alkanes) is 15. The van der Waals surface area contributed by atoms with Crippen molar-refractivity contribution < 1.29 is 72.1 Å². The fourth-order valence-electron chi connectivity index (χ4n) is 13.4. The molecule has 3 N–H and O–H groups in total. The van der Waals surface area contributed by atoms with Crippen LogP contribution in [-0.4, -0.2) is 113 Å². The third-order valence-corrected chi connectivity index (χ3v) is 18.1. The number of benzene rings is 3. The molecule has 0 radical (unpaired) electrons. The van der Waals surface area contributed by atoms with Crippen LogP contribution < -0.4 is 5.32 Å². The number of ketones is 1. The second kappa shape index (κ2) is 29.3. The van der Waals surface area contributed by atoms with E-state index in [9.17, 15) is 29.4 Å². The second-order valence-corrected chi connectivity index (χ2v) is 24.2. The monoisotopic (exact) mass is 1150 g/mol. The summed E-state index contributed by atoms with van der Waals surface area (Å²) < 4.78 is 44.2. The van der Waals surface area contributed by atoms with Crippen LogP contribution in [0.5, 0.6) is 0 Å². The summed E-state index contributed by atoms with van der Waals surface area (Å²) in [5.74, 6) is -6.45. The average molecular weight is 1150 g/mol. The standard InChI is InChI=1S/C67H91NO15/c1-9-10-11-12-13-14-15-16-17-18-19-20-21-22-23-33-40-77-47(5)80-57(55(48-34-27-24-28-35-48)68-61(73)49-36-29-25-30-37-49)63(75)81-51-42-67(76)60(82-62(74)50-38-31-26-32-39-50)58-65(8,52(71)41-53-66(58,43-78-53)83-46(4)70)59(72)56(79-45(3)69)54(44(51)2)64(67,6)7/h24-32,34-39,47,51-53,55-58,60,71,76H,9-23,33,40-43H2,1-8H3,(H,68,73)/t47?,51-,52-,53+,55-,56+,57+,58-,60-,65+,66-,67+/m0/s1. The smallest absolute Gasteiger partial charge is 0.338 e. The summed E-state index contributed by atoms with van der Waals surface area (Å²) in [7, 11) is 0. The Morgan fingerprint density at radius 1 is 0.711 bits per heavy atom. The van der Waals surface area contributed by atoms with Gasteiger partial charge in [0, 0.05) is 44.3 Å². The molecule has 454 valence electrons. The molecular weight excluding hydrogens is 1060 g/mol. The third-order valence-electron chi connectivity index (χ3n) is 18.1. The minimum atomic E-state index is -2.40. The SMILES string of the molecule is CCCCCCCCCCCCCCCCCCOC(C)O[C@@H](C(=O)O[C@H]1C[C@@]2(O)[C@@H](OC(=O)c3ccccc3)[C@@H]3[C@]4(OC(C)=O)CO[C@@H]4C[C@H](O)[C@@]3(C)C(=O)[C@H](OC(C)=O)C(=C1C)C2(C)C)[C@@H](NC(=O)c1ccccc1)c1ccccc1. The van der Waals surface area contributed by atoms with Crippen molar-refractivity contribution >= 4 is 35.6 Å². The summed E-state index contributed by atoms with van der Waals surface area (Å²) in [5, 5.41) is 29.4. The molecule has 1 saturated heterocycles. The number of hydrogen-bond acceptors (Lipinski definition) is 15. The van der Waals surface area contributed by atoms with Crippen molar-refractivity contribution in [1.29, 1.82) is 0 Å². The number of carbonyl (C=O) groups is 6. The normalized spacial score (nSPS) is 27.2. The molecule has 1 heterocycles. The number of rotatable bonds is 30. The van der Waals surface area contributed by atoms with E-state index in [1.54, 1.807) is 107 Å². The molecule has 16 nitrogen and oxygen atoms in total. The number of aliphatic hydroxyl groups excluding tert-OH is 1. The summed E-state index contributed by atoms with van der Waals surface area (Å²) in [6.45, 7) is 12.5. The van der Waals surface area contributed by atoms with Gasteiger partial charge in [-0.1, -0.05) is 184 Å². The molecule has 2 saturated carbocycles. The van der Waals surface area contributed by atoms with Crippen molar-refractivity contribution in [3.05, 3.63) is 119 Å². The molecule has 3 aromatic carbocycles. The second-order valence-electron chi connectivity index (χ2n) is 24.2. The summed E-state index contributed by atoms with van der Waals surface area (Å²) in [4.78, 5) is 86.8. The van der Waals surface area contributed by atoms with Crippen molar-refractivity contribution in [1.82, 2.24) is 5.32 Å². The van der Waals surface area contributed by atoms with Gasteiger partial charge in [-0.15, -0.1) is 0 Å². The molecule has 16 heteroatoms. The van der Waals surface area contributed by atoms with Crippen LogP contribution in [0.4, 0.5) is 0 Å². The first-order valence-electron chi connectivity index (χ1n) is 30.5. The van der Waals surface area contributed by atoms with Gasteiger partial charge in [-0.05, 0) is 68.2 Å². The minimum Gasteiger partial charge on any atom is -0.456 e. The number of nitrogens with one attached hydrogen (secondary N) is 1. The van der Waals surface area contributed by atoms with Crippen LogP contribution in [0.15, 0.2) is 102 Å². The van der Waals surface area contributed by atoms with Gasteiger partial charge in [-0.3, -0.25) is 19.2 Å². The fourth-order valence-corrected chi connectivity index (χ4v) is 13.4. The highest BCUT2D eigenvalue weighted by Crippen LogP contribution is 2.64. The lowest BCUT2D eigenvalue weighted by atomic mass is 9.44. The van der Waals surface area contributed by atoms with E-state index in [1.165, 1.54) is 103 Å². The maximum absolute atomic E-state index is 15.9. The van der Waals surface area contributed by atoms with E-state index in [-0.39, 0.29) is 29.7 Å². The first-order chi connectivity index (χ1) is 39.7. The Hall–Kier alpha value is -5.78. The molecule has 0 spiro atoms. The number of carbonyl (C=O) groups excluding carboxylic acids is 6. The van der Waals surface area contributed by atoms with Crippen molar-refractivity contribution in [2.24, 2.45) is 16.7 Å². The van der Waals surface area contributed by atoms with Crippen molar-refractivity contribution in [2.75, 3.05) is 13.2 Å². The molecule has 3 aliphatic carbocycles. The van der Waals surface area contributed by atoms with Gasteiger partial charge in [-0.2, -0.15) is 0 Å². The van der Waals surface area contributed by atoms with Gasteiger partial charge in [0.1, 0.15) is 23.9 Å². The number of esters is 4. The van der Waals surface area contributed by atoms with E-state index in [4.69, 9.17) is 33.2 Å². The van der Waals surface area contributed by atoms with Crippen LogP contribution in [0.25, 0.3) is 0 Å². The fraction of sp³-hybridized carbons (Fsp3) is 0.612. The molecule has 12 atom stereocenters. The summed E-state index contributed by atoms with van der Waals surface area (Å²) in [6.07, 6.45) is 8.50. The summed E-state index contributed by atoms with van der Waals surface area (Å²) >= 11 is 0. The quantitative estimate of drug-likeness (QED) is 0.0186. The highest BCUT2D eigenvalue weighted by molar-refractivity contribution is 5.96. The lowest BCUT2D eigenvalue weighted by Gasteiger charge is -2.67. The van der Waals surface area contributed by atoms with Gasteiger partial charge in [0.15, 0.2) is 29.9 Å². The predicted octanol–water partition coefficient (Wildman–Crippen LogP) is 11.4. The molecule has 1 aliphatic heterocycles. The number of Topliss-reactive ketones (excluding diaryl/α,β-unsaturated/α-hetero) is 1. The van der Waals surface area contributed by atoms with Gasteiger partial charge in [0.05, 0.1) is 35.6 Å². The Morgan fingerprint density at radius 3 is 1.76 bits per heavy atom. The number of amides is 1. The summed E-state index contributed by atoms with van der Waals surface area (Å²) in [5.41, 5.74) is -6.76. The Bertz CT molecular complexity index is 2680. The first kappa shape index (κ1) is 64.8. The Morgan fingerprint density at radius 2 is 1.24 bits per heavy atom. The molecule has 4 aliphatic rings. The highest BCUT2D eigenvalue weighted by Gasteiger charge is 2.78.